The number of ether oxygens (including phenoxy) is 1. The van der Waals surface area contributed by atoms with Gasteiger partial charge < -0.3 is 15.4 Å². The third-order valence-corrected chi connectivity index (χ3v) is 2.23. The van der Waals surface area contributed by atoms with Gasteiger partial charge in [-0.3, -0.25) is 4.79 Å². The molecule has 1 amide bonds. The van der Waals surface area contributed by atoms with Crippen LogP contribution in [0.15, 0.2) is 0 Å². The first-order chi connectivity index (χ1) is 6.02. The average molecular weight is 188 g/mol. The van der Waals surface area contributed by atoms with Gasteiger partial charge in [-0.2, -0.15) is 0 Å². The van der Waals surface area contributed by atoms with Crippen LogP contribution in [0.2, 0.25) is 0 Å². The van der Waals surface area contributed by atoms with E-state index < -0.39 is 0 Å². The van der Waals surface area contributed by atoms with E-state index in [0.717, 1.165) is 0 Å². The molecule has 0 bridgehead atoms. The lowest BCUT2D eigenvalue weighted by Crippen LogP contribution is -2.48. The molecular weight excluding hydrogens is 168 g/mol. The third-order valence-electron chi connectivity index (χ3n) is 2.23. The first-order valence-corrected chi connectivity index (χ1v) is 4.53. The zero-order chi connectivity index (χ0) is 10.4. The van der Waals surface area contributed by atoms with Gasteiger partial charge in [0.05, 0.1) is 12.1 Å². The van der Waals surface area contributed by atoms with Gasteiger partial charge >= 0.3 is 0 Å². The van der Waals surface area contributed by atoms with Crippen LogP contribution in [-0.2, 0) is 9.53 Å². The van der Waals surface area contributed by atoms with Crippen molar-refractivity contribution >= 4 is 5.91 Å². The summed E-state index contributed by atoms with van der Waals surface area (Å²) in [5, 5.41) is 5.73. The summed E-state index contributed by atoms with van der Waals surface area (Å²) in [7, 11) is 3.29. The minimum absolute atomic E-state index is 0.00449. The van der Waals surface area contributed by atoms with Crippen LogP contribution in [0.25, 0.3) is 0 Å². The van der Waals surface area contributed by atoms with Crippen molar-refractivity contribution in [1.29, 1.82) is 0 Å². The Kier molecular flexibility index (Phi) is 5.66. The molecule has 0 aliphatic heterocycles. The van der Waals surface area contributed by atoms with Crippen molar-refractivity contribution in [2.45, 2.75) is 39.0 Å². The number of hydrogen-bond acceptors (Lipinski definition) is 3. The second kappa shape index (κ2) is 5.94. The van der Waals surface area contributed by atoms with Gasteiger partial charge in [0.1, 0.15) is 0 Å². The highest BCUT2D eigenvalue weighted by molar-refractivity contribution is 5.80. The number of carbonyl (C=O) groups is 1. The van der Waals surface area contributed by atoms with Crippen LogP contribution in [-0.4, -0.2) is 38.3 Å². The Morgan fingerprint density at radius 1 is 1.31 bits per heavy atom. The van der Waals surface area contributed by atoms with Crippen molar-refractivity contribution in [1.82, 2.24) is 10.6 Å². The lowest BCUT2D eigenvalue weighted by molar-refractivity contribution is -0.122. The van der Waals surface area contributed by atoms with Crippen molar-refractivity contribution in [3.8, 4) is 0 Å². The molecule has 0 rings (SSSR count). The molecule has 0 saturated carbocycles. The quantitative estimate of drug-likeness (QED) is 0.645. The molecule has 78 valence electrons. The fourth-order valence-electron chi connectivity index (χ4n) is 1.03. The number of likely N-dealkylation sites (N-methyl/N-ethyl adjacent to an activating group) is 1. The SMILES string of the molecule is CNC(=O)[C@@H](C)NC(C)C(C)OC. The number of carbonyl (C=O) groups excluding carboxylic acids is 1. The summed E-state index contributed by atoms with van der Waals surface area (Å²) in [5.74, 6) is -0.00449. The largest absolute Gasteiger partial charge is 0.380 e. The molecule has 0 aromatic carbocycles. The molecule has 4 nitrogen and oxygen atoms in total. The summed E-state index contributed by atoms with van der Waals surface area (Å²) in [5.41, 5.74) is 0. The summed E-state index contributed by atoms with van der Waals surface area (Å²) in [4.78, 5) is 11.1. The topological polar surface area (TPSA) is 50.4 Å². The molecule has 0 fully saturated rings. The molecule has 0 saturated heterocycles. The van der Waals surface area contributed by atoms with E-state index in [1.165, 1.54) is 0 Å². The van der Waals surface area contributed by atoms with Gasteiger partial charge in [0.15, 0.2) is 0 Å². The molecule has 0 aliphatic carbocycles. The predicted molar refractivity (Wildman–Crippen MR) is 52.6 cm³/mol. The van der Waals surface area contributed by atoms with E-state index in [-0.39, 0.29) is 24.1 Å². The fourth-order valence-corrected chi connectivity index (χ4v) is 1.03. The van der Waals surface area contributed by atoms with E-state index in [2.05, 4.69) is 10.6 Å². The molecule has 0 aromatic heterocycles. The third kappa shape index (κ3) is 4.24. The smallest absolute Gasteiger partial charge is 0.236 e. The lowest BCUT2D eigenvalue weighted by atomic mass is 10.2. The van der Waals surface area contributed by atoms with Gasteiger partial charge in [0.25, 0.3) is 0 Å². The minimum atomic E-state index is -0.183. The van der Waals surface area contributed by atoms with Crippen molar-refractivity contribution in [2.75, 3.05) is 14.2 Å². The van der Waals surface area contributed by atoms with Crippen LogP contribution in [0.5, 0.6) is 0 Å². The van der Waals surface area contributed by atoms with E-state index in [9.17, 15) is 4.79 Å². The fraction of sp³-hybridized carbons (Fsp3) is 0.889. The van der Waals surface area contributed by atoms with E-state index >= 15 is 0 Å². The van der Waals surface area contributed by atoms with Crippen LogP contribution >= 0.6 is 0 Å². The zero-order valence-corrected chi connectivity index (χ0v) is 9.05. The summed E-state index contributed by atoms with van der Waals surface area (Å²) in [6.07, 6.45) is 0.104. The van der Waals surface area contributed by atoms with Gasteiger partial charge in [-0.15, -0.1) is 0 Å². The van der Waals surface area contributed by atoms with Crippen molar-refractivity contribution < 1.29 is 9.53 Å². The maximum absolute atomic E-state index is 11.1. The minimum Gasteiger partial charge on any atom is -0.380 e. The van der Waals surface area contributed by atoms with Crippen LogP contribution in [0.3, 0.4) is 0 Å². The summed E-state index contributed by atoms with van der Waals surface area (Å²) < 4.78 is 5.13. The molecule has 0 heterocycles. The summed E-state index contributed by atoms with van der Waals surface area (Å²) in [6, 6.07) is -0.0186. The summed E-state index contributed by atoms with van der Waals surface area (Å²) in [6.45, 7) is 5.79. The Morgan fingerprint density at radius 2 is 1.85 bits per heavy atom. The zero-order valence-electron chi connectivity index (χ0n) is 9.05. The Morgan fingerprint density at radius 3 is 2.23 bits per heavy atom. The van der Waals surface area contributed by atoms with Crippen LogP contribution < -0.4 is 10.6 Å². The number of nitrogens with one attached hydrogen (secondary N) is 2. The highest BCUT2D eigenvalue weighted by Crippen LogP contribution is 1.97. The lowest BCUT2D eigenvalue weighted by Gasteiger charge is -2.23. The molecule has 0 radical (unpaired) electrons. The average Bonchev–Trinajstić information content (AvgIpc) is 2.14. The van der Waals surface area contributed by atoms with Crippen LogP contribution in [0, 0.1) is 0 Å². The van der Waals surface area contributed by atoms with Crippen molar-refractivity contribution in [3.05, 3.63) is 0 Å². The van der Waals surface area contributed by atoms with Gasteiger partial charge in [-0.1, -0.05) is 0 Å². The molecule has 4 heteroatoms. The second-order valence-electron chi connectivity index (χ2n) is 3.23. The van der Waals surface area contributed by atoms with E-state index in [1.54, 1.807) is 14.2 Å². The highest BCUT2D eigenvalue weighted by Gasteiger charge is 2.17. The number of rotatable bonds is 5. The second-order valence-corrected chi connectivity index (χ2v) is 3.23. The standard InChI is InChI=1S/C9H20N2O2/c1-6(8(3)13-5)11-7(2)9(12)10-4/h6-8,11H,1-5H3,(H,10,12)/t6?,7-,8?/m1/s1. The molecular formula is C9H20N2O2. The Labute approximate surface area is 80.0 Å². The van der Waals surface area contributed by atoms with Crippen LogP contribution in [0.4, 0.5) is 0 Å². The van der Waals surface area contributed by atoms with Gasteiger partial charge in [0, 0.05) is 20.2 Å². The van der Waals surface area contributed by atoms with E-state index in [1.807, 2.05) is 20.8 Å². The van der Waals surface area contributed by atoms with Gasteiger partial charge in [-0.05, 0) is 20.8 Å². The van der Waals surface area contributed by atoms with E-state index in [0.29, 0.717) is 0 Å². The van der Waals surface area contributed by atoms with E-state index in [4.69, 9.17) is 4.74 Å². The first-order valence-electron chi connectivity index (χ1n) is 4.53. The molecule has 0 aromatic rings. The number of amides is 1. The first kappa shape index (κ1) is 12.4. The van der Waals surface area contributed by atoms with Crippen molar-refractivity contribution in [2.24, 2.45) is 0 Å². The highest BCUT2D eigenvalue weighted by atomic mass is 16.5. The molecule has 3 atom stereocenters. The Bertz CT molecular complexity index is 162. The van der Waals surface area contributed by atoms with Crippen LogP contribution in [0.1, 0.15) is 20.8 Å². The maximum Gasteiger partial charge on any atom is 0.236 e. The molecule has 0 spiro atoms. The van der Waals surface area contributed by atoms with Gasteiger partial charge in [0.2, 0.25) is 5.91 Å². The molecule has 2 unspecified atom stereocenters. The monoisotopic (exact) mass is 188 g/mol. The number of methoxy groups -OCH3 is 1. The van der Waals surface area contributed by atoms with Gasteiger partial charge in [-0.25, -0.2) is 0 Å². The number of hydrogen-bond donors (Lipinski definition) is 2. The maximum atomic E-state index is 11.1. The molecule has 0 aliphatic rings. The molecule has 13 heavy (non-hydrogen) atoms. The Balaban J connectivity index is 3.90. The predicted octanol–water partition coefficient (Wildman–Crippen LogP) is 0.134. The Hall–Kier alpha value is -0.610. The molecule has 2 N–H and O–H groups in total. The van der Waals surface area contributed by atoms with Crippen molar-refractivity contribution in [3.63, 3.8) is 0 Å². The normalized spacial score (nSPS) is 17.6. The summed E-state index contributed by atoms with van der Waals surface area (Å²) >= 11 is 0.